The van der Waals surface area contributed by atoms with E-state index in [4.69, 9.17) is 9.97 Å². The normalized spacial score (nSPS) is 11.6. The first kappa shape index (κ1) is 67.6. The first-order valence-corrected chi connectivity index (χ1v) is 42.2. The lowest BCUT2D eigenvalue weighted by Gasteiger charge is -2.39. The average Bonchev–Trinajstić information content (AvgIpc) is 1.56. The summed E-state index contributed by atoms with van der Waals surface area (Å²) in [4.78, 5) is 11.9. The summed E-state index contributed by atoms with van der Waals surface area (Å²) in [7, 11) is -7.70. The fourth-order valence-corrected chi connectivity index (χ4v) is 27.0. The minimum Gasteiger partial charge on any atom is -0.294 e. The largest absolute Gasteiger partial charge is 0.294 e. The molecule has 0 N–H and O–H groups in total. The molecule has 2 aromatic heterocycles. The molecule has 0 bridgehead atoms. The molecule has 0 saturated heterocycles. The number of rotatable bonds is 18. The number of fused-ring (bicyclic) bond motifs is 3. The van der Waals surface area contributed by atoms with Crippen LogP contribution >= 0.6 is 0 Å². The molecule has 2 heterocycles. The Morgan fingerprint density at radius 2 is 0.396 bits per heavy atom. The van der Waals surface area contributed by atoms with E-state index in [1.54, 1.807) is 0 Å². The van der Waals surface area contributed by atoms with Gasteiger partial charge in [-0.1, -0.05) is 431 Å². The number of nitrogens with zero attached hydrogens (tertiary/aromatic N) is 3. The number of hydrogen-bond acceptors (Lipinski definition) is 2. The maximum absolute atomic E-state index is 6.09. The molecule has 111 heavy (non-hydrogen) atoms. The highest BCUT2D eigenvalue weighted by Crippen LogP contribution is 2.36. The molecule has 17 aromatic carbocycles. The maximum atomic E-state index is 6.09. The van der Waals surface area contributed by atoms with Gasteiger partial charge < -0.3 is 0 Å². The van der Waals surface area contributed by atoms with Crippen molar-refractivity contribution in [3.63, 3.8) is 0 Å². The van der Waals surface area contributed by atoms with Crippen LogP contribution in [0.15, 0.2) is 455 Å². The van der Waals surface area contributed by atoms with Crippen LogP contribution in [0.3, 0.4) is 0 Å². The van der Waals surface area contributed by atoms with Gasteiger partial charge in [0, 0.05) is 28.0 Å². The van der Waals surface area contributed by atoms with Crippen LogP contribution in [-0.4, -0.2) is 30.7 Å². The van der Waals surface area contributed by atoms with Crippen LogP contribution < -0.4 is 41.5 Å². The third-order valence-corrected chi connectivity index (χ3v) is 31.6. The van der Waals surface area contributed by atoms with Crippen LogP contribution in [0.4, 0.5) is 0 Å². The molecule has 19 rings (SSSR count). The summed E-state index contributed by atoms with van der Waals surface area (Å²) in [5.41, 5.74) is 20.7. The van der Waals surface area contributed by atoms with E-state index in [-0.39, 0.29) is 0 Å². The van der Waals surface area contributed by atoms with Crippen LogP contribution in [-0.2, 0) is 0 Å². The van der Waals surface area contributed by atoms with Gasteiger partial charge in [-0.2, -0.15) is 0 Å². The minimum absolute atomic E-state index is 0.615. The van der Waals surface area contributed by atoms with Gasteiger partial charge in [0.05, 0.1) is 16.7 Å². The van der Waals surface area contributed by atoms with Gasteiger partial charge in [-0.15, -0.1) is 0 Å². The number of benzene rings is 17. The van der Waals surface area contributed by atoms with E-state index >= 15 is 0 Å². The molecular formula is C106H75N3Si2. The van der Waals surface area contributed by atoms with Crippen molar-refractivity contribution >= 4 is 79.4 Å². The summed E-state index contributed by atoms with van der Waals surface area (Å²) in [6.07, 6.45) is 0. The van der Waals surface area contributed by atoms with Crippen molar-refractivity contribution in [3.8, 4) is 106 Å². The van der Waals surface area contributed by atoms with E-state index in [1.165, 1.54) is 41.5 Å². The molecule has 3 nitrogen and oxygen atoms in total. The van der Waals surface area contributed by atoms with Gasteiger partial charge in [0.15, 0.2) is 22.0 Å². The predicted molar refractivity (Wildman–Crippen MR) is 473 cm³/mol. The highest BCUT2D eigenvalue weighted by Gasteiger charge is 2.47. The molecule has 0 aliphatic carbocycles. The van der Waals surface area contributed by atoms with Gasteiger partial charge in [-0.3, -0.25) is 4.57 Å². The Morgan fingerprint density at radius 3 is 0.694 bits per heavy atom. The van der Waals surface area contributed by atoms with Gasteiger partial charge in [0.25, 0.3) is 0 Å². The van der Waals surface area contributed by atoms with Crippen molar-refractivity contribution in [1.82, 2.24) is 14.5 Å². The van der Waals surface area contributed by atoms with Crippen LogP contribution in [0, 0.1) is 0 Å². The molecule has 0 atom stereocenters. The molecule has 0 amide bonds. The molecule has 0 spiro atoms. The van der Waals surface area contributed by atoms with E-state index in [0.29, 0.717) is 5.82 Å². The molecule has 0 aliphatic rings. The molecule has 522 valence electrons. The highest BCUT2D eigenvalue weighted by molar-refractivity contribution is 7.22. The summed E-state index contributed by atoms with van der Waals surface area (Å²) < 4.78 is 2.36. The van der Waals surface area contributed by atoms with Gasteiger partial charge in [0.1, 0.15) is 5.82 Å². The summed E-state index contributed by atoms with van der Waals surface area (Å²) in [6.45, 7) is 0. The Balaban J connectivity index is 1.02. The molecule has 0 aliphatic heterocycles. The second-order valence-corrected chi connectivity index (χ2v) is 36.4. The van der Waals surface area contributed by atoms with Crippen molar-refractivity contribution in [2.24, 2.45) is 0 Å². The third-order valence-electron chi connectivity index (χ3n) is 22.3. The fourth-order valence-electron chi connectivity index (χ4n) is 17.0. The third kappa shape index (κ3) is 12.8. The Labute approximate surface area is 650 Å². The van der Waals surface area contributed by atoms with Gasteiger partial charge in [-0.05, 0) is 138 Å². The lowest BCUT2D eigenvalue weighted by molar-refractivity contribution is 1.05. The van der Waals surface area contributed by atoms with Crippen LogP contribution in [0.25, 0.3) is 128 Å². The number of para-hydroxylation sites is 2. The van der Waals surface area contributed by atoms with E-state index < -0.39 is 16.1 Å². The van der Waals surface area contributed by atoms with Crippen molar-refractivity contribution in [2.45, 2.75) is 0 Å². The zero-order chi connectivity index (χ0) is 73.9. The Bertz CT molecular complexity index is 5840. The zero-order valence-corrected chi connectivity index (χ0v) is 63.1. The monoisotopic (exact) mass is 1450 g/mol. The molecule has 5 heteroatoms. The first-order chi connectivity index (χ1) is 55.0. The maximum Gasteiger partial charge on any atom is 0.179 e. The van der Waals surface area contributed by atoms with Crippen molar-refractivity contribution < 1.29 is 0 Å². The van der Waals surface area contributed by atoms with Gasteiger partial charge >= 0.3 is 0 Å². The first-order valence-electron chi connectivity index (χ1n) is 38.2. The molecule has 0 saturated carbocycles. The summed E-state index contributed by atoms with van der Waals surface area (Å²) in [5.74, 6) is 1.38. The smallest absolute Gasteiger partial charge is 0.179 e. The summed E-state index contributed by atoms with van der Waals surface area (Å²) >= 11 is 0. The van der Waals surface area contributed by atoms with Crippen LogP contribution in [0.1, 0.15) is 0 Å². The molecule has 0 fully saturated rings. The van der Waals surface area contributed by atoms with E-state index in [0.717, 1.165) is 122 Å². The van der Waals surface area contributed by atoms with Crippen LogP contribution in [0.5, 0.6) is 0 Å². The fraction of sp³-hybridized carbons (Fsp3) is 0. The zero-order valence-electron chi connectivity index (χ0n) is 61.1. The van der Waals surface area contributed by atoms with Crippen molar-refractivity contribution in [3.05, 3.63) is 455 Å². The highest BCUT2D eigenvalue weighted by atomic mass is 28.3. The predicted octanol–water partition coefficient (Wildman–Crippen LogP) is 21.3. The standard InChI is InChI=1S/C106H75N3Si2/c1-8-33-76(34-9-1)83-47-26-54-90(65-83)106-107-102(75-105(108-106)109-103-63-24-22-61-100(103)101-62-23-25-64-104(101)109)91-72-98(110(92-55-27-48-84(66-92)77-35-10-2-11-36-77,93-56-28-49-85(67-93)78-37-12-3-13-38-78)94-57-29-50-86(68-94)79-39-14-4-15-40-79)74-99(73-91)111(95-58-30-51-87(69-95)80-41-16-5-17-42-80,96-59-31-52-88(70-96)81-43-18-6-19-44-81)97-60-32-53-89(71-97)82-45-20-7-21-46-82/h1-75H. The molecule has 19 aromatic rings. The van der Waals surface area contributed by atoms with Crippen molar-refractivity contribution in [1.29, 1.82) is 0 Å². The molecule has 0 unspecified atom stereocenters. The second-order valence-electron chi connectivity index (χ2n) is 28.7. The topological polar surface area (TPSA) is 30.7 Å². The summed E-state index contributed by atoms with van der Waals surface area (Å²) in [6, 6.07) is 170. The second kappa shape index (κ2) is 29.7. The van der Waals surface area contributed by atoms with E-state index in [1.807, 2.05) is 0 Å². The van der Waals surface area contributed by atoms with Crippen LogP contribution in [0.2, 0.25) is 0 Å². The average molecular weight is 1450 g/mol. The SMILES string of the molecule is c1ccc(-c2cccc(-c3nc(-c4cc([Si](c5cccc(-c6ccccc6)c5)(c5cccc(-c6ccccc6)c5)c5cccc(-c6ccccc6)c5)cc([Si](c5cccc(-c6ccccc6)c5)(c5cccc(-c6ccccc6)c5)c5cccc(-c6ccccc6)c5)c4)cc(-n4c5ccccc5c5ccccc54)n3)c2)cc1. The minimum atomic E-state index is -3.85. The molecular weight excluding hydrogens is 1370 g/mol. The van der Waals surface area contributed by atoms with Crippen molar-refractivity contribution in [2.75, 3.05) is 0 Å². The van der Waals surface area contributed by atoms with Gasteiger partial charge in [0.2, 0.25) is 0 Å². The van der Waals surface area contributed by atoms with E-state index in [9.17, 15) is 0 Å². The lowest BCUT2D eigenvalue weighted by Crippen LogP contribution is -2.78. The quantitative estimate of drug-likeness (QED) is 0.0633. The summed E-state index contributed by atoms with van der Waals surface area (Å²) in [5, 5.41) is 12.2. The molecule has 0 radical (unpaired) electrons. The number of aromatic nitrogens is 3. The number of hydrogen-bond donors (Lipinski definition) is 0. The Morgan fingerprint density at radius 1 is 0.162 bits per heavy atom. The Kier molecular flexibility index (Phi) is 18.1. The van der Waals surface area contributed by atoms with Gasteiger partial charge in [-0.25, -0.2) is 9.97 Å². The lowest BCUT2D eigenvalue weighted by atomic mass is 10.0. The Hall–Kier alpha value is -13.9. The van der Waals surface area contributed by atoms with E-state index in [2.05, 4.69) is 460 Å².